The highest BCUT2D eigenvalue weighted by Gasteiger charge is 2.34. The van der Waals surface area contributed by atoms with Gasteiger partial charge >= 0.3 is 5.97 Å². The number of nitrogens with zero attached hydrogens (tertiary/aromatic N) is 2. The van der Waals surface area contributed by atoms with E-state index < -0.39 is 5.97 Å². The summed E-state index contributed by atoms with van der Waals surface area (Å²) in [6.45, 7) is 5.01. The zero-order chi connectivity index (χ0) is 17.5. The third-order valence-electron chi connectivity index (χ3n) is 3.84. The fourth-order valence-electron chi connectivity index (χ4n) is 2.47. The topological polar surface area (TPSA) is 68.7 Å². The fraction of sp³-hybridized carbons (Fsp3) is 0.500. The summed E-state index contributed by atoms with van der Waals surface area (Å²) in [4.78, 5) is 30.5. The normalized spacial score (nSPS) is 14.9. The summed E-state index contributed by atoms with van der Waals surface area (Å²) in [6.07, 6.45) is 6.46. The van der Waals surface area contributed by atoms with Crippen molar-refractivity contribution in [2.75, 3.05) is 20.3 Å². The lowest BCUT2D eigenvalue weighted by Gasteiger charge is -2.17. The lowest BCUT2D eigenvalue weighted by molar-refractivity contribution is -0.137. The van der Waals surface area contributed by atoms with E-state index in [0.29, 0.717) is 35.9 Å². The Morgan fingerprint density at radius 1 is 1.29 bits per heavy atom. The molecular weight excluding hydrogens is 308 g/mol. The van der Waals surface area contributed by atoms with Crippen molar-refractivity contribution in [1.29, 1.82) is 0 Å². The molecule has 1 aliphatic rings. The van der Waals surface area contributed by atoms with Crippen LogP contribution in [0, 0.1) is 0 Å². The molecule has 1 aromatic rings. The predicted octanol–water partition coefficient (Wildman–Crippen LogP) is 3.03. The van der Waals surface area contributed by atoms with Crippen LogP contribution in [-0.2, 0) is 9.53 Å². The van der Waals surface area contributed by atoms with Gasteiger partial charge in [-0.3, -0.25) is 4.79 Å². The van der Waals surface area contributed by atoms with E-state index in [2.05, 4.69) is 11.9 Å². The Morgan fingerprint density at radius 2 is 2.04 bits per heavy atom. The van der Waals surface area contributed by atoms with Crippen LogP contribution in [0.4, 0.5) is 0 Å². The van der Waals surface area contributed by atoms with Crippen LogP contribution in [0.1, 0.15) is 55.6 Å². The summed E-state index contributed by atoms with van der Waals surface area (Å²) < 4.78 is 10.4. The van der Waals surface area contributed by atoms with Crippen LogP contribution in [0.5, 0.6) is 5.75 Å². The number of unbranched alkanes of at least 4 members (excludes halogenated alkanes) is 2. The Kier molecular flexibility index (Phi) is 6.35. The third-order valence-corrected chi connectivity index (χ3v) is 3.84. The van der Waals surface area contributed by atoms with Crippen molar-refractivity contribution >= 4 is 17.6 Å². The van der Waals surface area contributed by atoms with E-state index in [9.17, 15) is 9.59 Å². The standard InChI is InChI=1S/C18H24N2O4/c1-4-6-8-20-15(11-16(21)24-9-7-5-2)14-10-13(23-3)12-19-17(14)18(20)22/h10-12H,4-9H2,1-3H3/b15-11+. The Hall–Kier alpha value is -2.37. The average Bonchev–Trinajstić information content (AvgIpc) is 2.84. The van der Waals surface area contributed by atoms with Gasteiger partial charge in [0, 0.05) is 18.2 Å². The van der Waals surface area contributed by atoms with Crippen LogP contribution in [0.2, 0.25) is 0 Å². The first-order valence-electron chi connectivity index (χ1n) is 8.37. The number of pyridine rings is 1. The van der Waals surface area contributed by atoms with Crippen molar-refractivity contribution in [3.8, 4) is 5.75 Å². The van der Waals surface area contributed by atoms with Gasteiger partial charge in [0.1, 0.15) is 11.4 Å². The molecular formula is C18H24N2O4. The van der Waals surface area contributed by atoms with Gasteiger partial charge in [0.25, 0.3) is 5.91 Å². The Balaban J connectivity index is 2.32. The highest BCUT2D eigenvalue weighted by molar-refractivity contribution is 6.10. The molecule has 0 unspecified atom stereocenters. The van der Waals surface area contributed by atoms with E-state index in [0.717, 1.165) is 25.7 Å². The van der Waals surface area contributed by atoms with E-state index in [1.165, 1.54) is 19.4 Å². The summed E-state index contributed by atoms with van der Waals surface area (Å²) in [7, 11) is 1.54. The van der Waals surface area contributed by atoms with Crippen molar-refractivity contribution in [1.82, 2.24) is 9.88 Å². The number of carbonyl (C=O) groups is 2. The monoisotopic (exact) mass is 332 g/mol. The van der Waals surface area contributed by atoms with Crippen molar-refractivity contribution < 1.29 is 19.1 Å². The van der Waals surface area contributed by atoms with Gasteiger partial charge in [-0.1, -0.05) is 26.7 Å². The number of ether oxygens (including phenoxy) is 2. The van der Waals surface area contributed by atoms with E-state index in [-0.39, 0.29) is 5.91 Å². The van der Waals surface area contributed by atoms with Gasteiger partial charge < -0.3 is 14.4 Å². The number of hydrogen-bond donors (Lipinski definition) is 0. The first-order valence-corrected chi connectivity index (χ1v) is 8.37. The number of aromatic nitrogens is 1. The maximum absolute atomic E-state index is 12.6. The molecule has 1 aliphatic heterocycles. The molecule has 0 spiro atoms. The second kappa shape index (κ2) is 8.47. The molecule has 0 atom stereocenters. The van der Waals surface area contributed by atoms with Crippen LogP contribution in [0.25, 0.3) is 5.70 Å². The molecule has 0 N–H and O–H groups in total. The van der Waals surface area contributed by atoms with Gasteiger partial charge in [0.15, 0.2) is 0 Å². The summed E-state index contributed by atoms with van der Waals surface area (Å²) in [6, 6.07) is 1.73. The number of rotatable bonds is 8. The smallest absolute Gasteiger partial charge is 0.332 e. The van der Waals surface area contributed by atoms with E-state index >= 15 is 0 Å². The van der Waals surface area contributed by atoms with Crippen LogP contribution in [-0.4, -0.2) is 42.0 Å². The first-order chi connectivity index (χ1) is 11.6. The highest BCUT2D eigenvalue weighted by Crippen LogP contribution is 2.33. The number of amides is 1. The average molecular weight is 332 g/mol. The first kappa shape index (κ1) is 18.0. The quantitative estimate of drug-likeness (QED) is 0.416. The number of fused-ring (bicyclic) bond motifs is 1. The predicted molar refractivity (Wildman–Crippen MR) is 90.6 cm³/mol. The summed E-state index contributed by atoms with van der Waals surface area (Å²) >= 11 is 0. The van der Waals surface area contributed by atoms with Crippen molar-refractivity contribution in [2.45, 2.75) is 39.5 Å². The van der Waals surface area contributed by atoms with Gasteiger partial charge in [0.2, 0.25) is 0 Å². The molecule has 1 amide bonds. The molecule has 0 saturated heterocycles. The molecule has 6 nitrogen and oxygen atoms in total. The Labute approximate surface area is 142 Å². The van der Waals surface area contributed by atoms with Crippen molar-refractivity contribution in [3.63, 3.8) is 0 Å². The molecule has 0 bridgehead atoms. The summed E-state index contributed by atoms with van der Waals surface area (Å²) in [5, 5.41) is 0. The molecule has 0 fully saturated rings. The molecule has 0 aromatic carbocycles. The number of methoxy groups -OCH3 is 1. The molecule has 0 radical (unpaired) electrons. The Morgan fingerprint density at radius 3 is 2.71 bits per heavy atom. The SMILES string of the molecule is CCCCOC(=O)/C=C1\c2cc(OC)cnc2C(=O)N1CCCC. The number of esters is 1. The number of carbonyl (C=O) groups excluding carboxylic acids is 2. The number of hydrogen-bond acceptors (Lipinski definition) is 5. The molecule has 0 aliphatic carbocycles. The third kappa shape index (κ3) is 3.93. The van der Waals surface area contributed by atoms with E-state index in [4.69, 9.17) is 9.47 Å². The molecule has 6 heteroatoms. The van der Waals surface area contributed by atoms with E-state index in [1.807, 2.05) is 6.92 Å². The Bertz CT molecular complexity index is 640. The van der Waals surface area contributed by atoms with Crippen LogP contribution in [0.15, 0.2) is 18.3 Å². The zero-order valence-corrected chi connectivity index (χ0v) is 14.5. The summed E-state index contributed by atoms with van der Waals surface area (Å²) in [5.74, 6) is -0.0822. The summed E-state index contributed by atoms with van der Waals surface area (Å²) in [5.41, 5.74) is 1.50. The molecule has 2 rings (SSSR count). The molecule has 24 heavy (non-hydrogen) atoms. The second-order valence-corrected chi connectivity index (χ2v) is 5.63. The van der Waals surface area contributed by atoms with Crippen LogP contribution >= 0.6 is 0 Å². The lowest BCUT2D eigenvalue weighted by Crippen LogP contribution is -2.25. The molecule has 130 valence electrons. The molecule has 2 heterocycles. The van der Waals surface area contributed by atoms with E-state index in [1.54, 1.807) is 11.0 Å². The highest BCUT2D eigenvalue weighted by atomic mass is 16.5. The van der Waals surface area contributed by atoms with Gasteiger partial charge in [-0.2, -0.15) is 0 Å². The van der Waals surface area contributed by atoms with Crippen molar-refractivity contribution in [3.05, 3.63) is 29.6 Å². The van der Waals surface area contributed by atoms with Crippen LogP contribution < -0.4 is 4.74 Å². The zero-order valence-electron chi connectivity index (χ0n) is 14.5. The minimum Gasteiger partial charge on any atom is -0.495 e. The van der Waals surface area contributed by atoms with Crippen molar-refractivity contribution in [2.24, 2.45) is 0 Å². The van der Waals surface area contributed by atoms with Gasteiger partial charge in [-0.05, 0) is 18.9 Å². The largest absolute Gasteiger partial charge is 0.495 e. The van der Waals surface area contributed by atoms with Gasteiger partial charge in [-0.25, -0.2) is 9.78 Å². The lowest BCUT2D eigenvalue weighted by atomic mass is 10.1. The second-order valence-electron chi connectivity index (χ2n) is 5.63. The fourth-order valence-corrected chi connectivity index (χ4v) is 2.47. The minimum absolute atomic E-state index is 0.186. The maximum Gasteiger partial charge on any atom is 0.332 e. The maximum atomic E-state index is 12.6. The minimum atomic E-state index is -0.441. The van der Waals surface area contributed by atoms with Gasteiger partial charge in [0.05, 0.1) is 25.6 Å². The molecule has 1 aromatic heterocycles. The molecule has 0 saturated carbocycles. The van der Waals surface area contributed by atoms with Crippen LogP contribution in [0.3, 0.4) is 0 Å². The van der Waals surface area contributed by atoms with Gasteiger partial charge in [-0.15, -0.1) is 0 Å².